The maximum Gasteiger partial charge on any atom is 0.260 e. The molecule has 4 saturated heterocycles. The van der Waals surface area contributed by atoms with Gasteiger partial charge in [0.25, 0.3) is 5.91 Å². The van der Waals surface area contributed by atoms with E-state index in [0.717, 1.165) is 19.6 Å². The summed E-state index contributed by atoms with van der Waals surface area (Å²) in [6.07, 6.45) is -1.74. The molecule has 206 valence electrons. The predicted octanol–water partition coefficient (Wildman–Crippen LogP) is 2.28. The Morgan fingerprint density at radius 1 is 0.973 bits per heavy atom. The van der Waals surface area contributed by atoms with Gasteiger partial charge in [-0.05, 0) is 52.0 Å². The van der Waals surface area contributed by atoms with Crippen molar-refractivity contribution in [1.82, 2.24) is 9.80 Å². The Bertz CT molecular complexity index is 937. The average molecular weight is 541 g/mol. The second-order valence-corrected chi connectivity index (χ2v) is 11.2. The molecular weight excluding hydrogens is 504 g/mol. The normalized spacial score (nSPS) is 33.0. The van der Waals surface area contributed by atoms with Crippen LogP contribution in [0.15, 0.2) is 24.3 Å². The molecule has 0 spiro atoms. The van der Waals surface area contributed by atoms with Gasteiger partial charge in [0.05, 0.1) is 13.2 Å². The highest BCUT2D eigenvalue weighted by Crippen LogP contribution is 2.42. The zero-order valence-electron chi connectivity index (χ0n) is 21.9. The molecule has 0 saturated carbocycles. The fourth-order valence-electron chi connectivity index (χ4n) is 5.19. The van der Waals surface area contributed by atoms with Crippen molar-refractivity contribution >= 4 is 17.5 Å². The van der Waals surface area contributed by atoms with Crippen LogP contribution in [-0.2, 0) is 33.2 Å². The van der Waals surface area contributed by atoms with Crippen LogP contribution in [0.4, 0.5) is 0 Å². The van der Waals surface area contributed by atoms with Crippen molar-refractivity contribution in [1.29, 1.82) is 0 Å². The second-order valence-electron chi connectivity index (χ2n) is 10.7. The number of carbonyl (C=O) groups is 1. The minimum absolute atomic E-state index is 0.0127. The van der Waals surface area contributed by atoms with E-state index in [1.54, 1.807) is 24.3 Å². The number of halogens is 1. The Kier molecular flexibility index (Phi) is 8.00. The Labute approximate surface area is 222 Å². The summed E-state index contributed by atoms with van der Waals surface area (Å²) in [4.78, 5) is 16.7. The third-order valence-electron chi connectivity index (χ3n) is 7.03. The maximum atomic E-state index is 12.5. The zero-order valence-corrected chi connectivity index (χ0v) is 22.6. The van der Waals surface area contributed by atoms with E-state index in [1.807, 2.05) is 32.6 Å². The van der Waals surface area contributed by atoms with E-state index in [-0.39, 0.29) is 36.9 Å². The van der Waals surface area contributed by atoms with Crippen LogP contribution in [0.25, 0.3) is 0 Å². The lowest BCUT2D eigenvalue weighted by atomic mass is 10.1. The molecule has 11 heteroatoms. The van der Waals surface area contributed by atoms with Crippen molar-refractivity contribution in [2.75, 3.05) is 52.5 Å². The van der Waals surface area contributed by atoms with E-state index >= 15 is 0 Å². The molecule has 0 radical (unpaired) electrons. The smallest absolute Gasteiger partial charge is 0.260 e. The molecule has 37 heavy (non-hydrogen) atoms. The summed E-state index contributed by atoms with van der Waals surface area (Å²) >= 11 is 5.89. The Morgan fingerprint density at radius 2 is 1.68 bits per heavy atom. The van der Waals surface area contributed by atoms with Gasteiger partial charge in [-0.25, -0.2) is 0 Å². The molecule has 4 aliphatic rings. The summed E-state index contributed by atoms with van der Waals surface area (Å²) in [6, 6.07) is 6.99. The van der Waals surface area contributed by atoms with Crippen LogP contribution >= 0.6 is 11.6 Å². The van der Waals surface area contributed by atoms with E-state index in [4.69, 9.17) is 44.8 Å². The number of rotatable bonds is 8. The monoisotopic (exact) mass is 540 g/mol. The molecule has 1 aromatic carbocycles. The fourth-order valence-corrected chi connectivity index (χ4v) is 5.31. The van der Waals surface area contributed by atoms with Gasteiger partial charge in [0.2, 0.25) is 0 Å². The molecule has 4 heterocycles. The van der Waals surface area contributed by atoms with Gasteiger partial charge < -0.3 is 38.1 Å². The topological polar surface area (TPSA) is 88.2 Å². The van der Waals surface area contributed by atoms with Crippen LogP contribution in [0.5, 0.6) is 5.75 Å². The lowest BCUT2D eigenvalue weighted by Crippen LogP contribution is -2.50. The molecule has 5 atom stereocenters. The highest BCUT2D eigenvalue weighted by molar-refractivity contribution is 6.30. The van der Waals surface area contributed by atoms with Crippen LogP contribution < -0.4 is 4.74 Å². The van der Waals surface area contributed by atoms with Crippen LogP contribution in [0.1, 0.15) is 27.7 Å². The number of nitrogens with zero attached hydrogens (tertiary/aromatic N) is 2. The van der Waals surface area contributed by atoms with Gasteiger partial charge >= 0.3 is 0 Å². The molecule has 0 N–H and O–H groups in total. The minimum atomic E-state index is -0.714. The first-order chi connectivity index (χ1) is 17.6. The van der Waals surface area contributed by atoms with E-state index in [9.17, 15) is 4.79 Å². The Morgan fingerprint density at radius 3 is 2.35 bits per heavy atom. The van der Waals surface area contributed by atoms with Crippen molar-refractivity contribution in [2.45, 2.75) is 70.0 Å². The quantitative estimate of drug-likeness (QED) is 0.492. The van der Waals surface area contributed by atoms with Crippen molar-refractivity contribution in [3.05, 3.63) is 29.3 Å². The van der Waals surface area contributed by atoms with E-state index < -0.39 is 17.9 Å². The molecule has 0 aliphatic carbocycles. The summed E-state index contributed by atoms with van der Waals surface area (Å²) < 4.78 is 42.0. The molecule has 10 nitrogen and oxygen atoms in total. The van der Waals surface area contributed by atoms with E-state index in [1.165, 1.54) is 0 Å². The van der Waals surface area contributed by atoms with Gasteiger partial charge in [0, 0.05) is 37.7 Å². The third kappa shape index (κ3) is 6.57. The van der Waals surface area contributed by atoms with Gasteiger partial charge in [-0.1, -0.05) is 11.6 Å². The molecule has 4 aliphatic heterocycles. The number of fused-ring (bicyclic) bond motifs is 1. The summed E-state index contributed by atoms with van der Waals surface area (Å²) in [5, 5.41) is 0.632. The number of carbonyl (C=O) groups excluding carboxylic acids is 1. The standard InChI is InChI=1S/C26H37ClN2O8/c1-25(2)33-15-19(35-25)21-22-23(37-26(3,4)36-22)24(34-21)31-14-13-28-9-11-29(12-10-28)20(30)16-32-18-7-5-17(27)6-8-18/h5-8,19,21-24H,9-16H2,1-4H3/t19-,21-,22+,23+,24+/m1/s1. The Hall–Kier alpha value is -1.50. The first-order valence-corrected chi connectivity index (χ1v) is 13.3. The molecule has 1 aromatic rings. The molecule has 0 aromatic heterocycles. The first kappa shape index (κ1) is 27.1. The van der Waals surface area contributed by atoms with Gasteiger partial charge in [-0.3, -0.25) is 9.69 Å². The van der Waals surface area contributed by atoms with Gasteiger partial charge in [0.15, 0.2) is 24.5 Å². The number of piperazine rings is 1. The predicted molar refractivity (Wildman–Crippen MR) is 133 cm³/mol. The SMILES string of the molecule is CC1(C)O[C@@H]2[C@H](O1)[C@@H](OCCN1CCN(C(=O)COc3ccc(Cl)cc3)CC1)O[C@@H]2[C@H]1COC(C)(C)O1. The molecule has 5 rings (SSSR count). The number of amides is 1. The van der Waals surface area contributed by atoms with Gasteiger partial charge in [-0.15, -0.1) is 0 Å². The van der Waals surface area contributed by atoms with E-state index in [2.05, 4.69) is 4.90 Å². The van der Waals surface area contributed by atoms with Gasteiger partial charge in [-0.2, -0.15) is 0 Å². The summed E-state index contributed by atoms with van der Waals surface area (Å²) in [5.41, 5.74) is 0. The molecule has 0 unspecified atom stereocenters. The van der Waals surface area contributed by atoms with E-state index in [0.29, 0.717) is 37.1 Å². The average Bonchev–Trinajstić information content (AvgIpc) is 3.48. The van der Waals surface area contributed by atoms with Crippen molar-refractivity contribution in [3.63, 3.8) is 0 Å². The summed E-state index contributed by atoms with van der Waals surface area (Å²) in [7, 11) is 0. The molecule has 0 bridgehead atoms. The zero-order chi connectivity index (χ0) is 26.2. The van der Waals surface area contributed by atoms with Crippen LogP contribution in [0, 0.1) is 0 Å². The maximum absolute atomic E-state index is 12.5. The minimum Gasteiger partial charge on any atom is -0.484 e. The second kappa shape index (κ2) is 10.9. The van der Waals surface area contributed by atoms with Crippen molar-refractivity contribution in [2.24, 2.45) is 0 Å². The van der Waals surface area contributed by atoms with Crippen molar-refractivity contribution < 1.29 is 38.0 Å². The first-order valence-electron chi connectivity index (χ1n) is 12.9. The van der Waals surface area contributed by atoms with Crippen LogP contribution in [-0.4, -0.2) is 111 Å². The lowest BCUT2D eigenvalue weighted by Gasteiger charge is -2.34. The fraction of sp³-hybridized carbons (Fsp3) is 0.731. The molecule has 4 fully saturated rings. The Balaban J connectivity index is 1.05. The summed E-state index contributed by atoms with van der Waals surface area (Å²) in [6.45, 7) is 12.1. The largest absolute Gasteiger partial charge is 0.484 e. The van der Waals surface area contributed by atoms with Crippen molar-refractivity contribution in [3.8, 4) is 5.75 Å². The van der Waals surface area contributed by atoms with Gasteiger partial charge in [0.1, 0.15) is 30.2 Å². The third-order valence-corrected chi connectivity index (χ3v) is 7.29. The highest BCUT2D eigenvalue weighted by Gasteiger charge is 2.59. The number of ether oxygens (including phenoxy) is 7. The summed E-state index contributed by atoms with van der Waals surface area (Å²) in [5.74, 6) is -0.760. The molecular formula is C26H37ClN2O8. The molecule has 1 amide bonds. The highest BCUT2D eigenvalue weighted by atomic mass is 35.5. The van der Waals surface area contributed by atoms with Crippen LogP contribution in [0.2, 0.25) is 5.02 Å². The number of hydrogen-bond acceptors (Lipinski definition) is 9. The lowest BCUT2D eigenvalue weighted by molar-refractivity contribution is -0.248. The number of hydrogen-bond donors (Lipinski definition) is 0. The number of benzene rings is 1. The van der Waals surface area contributed by atoms with Crippen LogP contribution in [0.3, 0.4) is 0 Å².